The van der Waals surface area contributed by atoms with Gasteiger partial charge in [0.2, 0.25) is 0 Å². The molecule has 1 saturated carbocycles. The summed E-state index contributed by atoms with van der Waals surface area (Å²) in [5.41, 5.74) is 0.795. The number of nitrogens with zero attached hydrogens (tertiary/aromatic N) is 1. The van der Waals surface area contributed by atoms with Gasteiger partial charge >= 0.3 is 11.9 Å². The Hall–Kier alpha value is -3.99. The molecule has 5 N–H and O–H groups in total. The third-order valence-corrected chi connectivity index (χ3v) is 11.4. The average Bonchev–Trinajstić information content (AvgIpc) is 4.00. The Bertz CT molecular complexity index is 1550. The lowest BCUT2D eigenvalue weighted by atomic mass is 10.1. The molecule has 0 radical (unpaired) electrons. The van der Waals surface area contributed by atoms with Crippen molar-refractivity contribution in [3.63, 3.8) is 0 Å². The number of aliphatic carboxylic acids is 2. The lowest BCUT2D eigenvalue weighted by Gasteiger charge is -2.32. The number of thioether (sulfide) groups is 1. The van der Waals surface area contributed by atoms with Crippen LogP contribution in [-0.4, -0.2) is 51.5 Å². The number of nitrogens with one attached hydrogen (secondary N) is 3. The molecule has 0 bridgehead atoms. The molecule has 11 heteroatoms. The van der Waals surface area contributed by atoms with Gasteiger partial charge in [0.1, 0.15) is 23.1 Å². The van der Waals surface area contributed by atoms with Crippen LogP contribution >= 0.6 is 11.8 Å². The number of anilines is 3. The first kappa shape index (κ1) is 46.4. The highest BCUT2D eigenvalue weighted by molar-refractivity contribution is 7.99. The van der Waals surface area contributed by atoms with Gasteiger partial charge in [-0.3, -0.25) is 9.59 Å². The topological polar surface area (TPSA) is 133 Å². The Morgan fingerprint density at radius 2 is 1.20 bits per heavy atom. The number of aromatic nitrogens is 1. The quantitative estimate of drug-likeness (QED) is 0.0467. The SMILES string of the molecule is CCCCCCCCCCNc1ccc(F)cc1.CCCCCCCCCNc1ccc(Oc2ccnc3c2SCC(C)(C)N3)cc1.O=C(O)C1(C(=O)O)CC1. The fraction of sp³-hybridized carbons (Fsp3) is 0.578. The van der Waals surface area contributed by atoms with Crippen molar-refractivity contribution < 1.29 is 28.9 Å². The number of fused-ring (bicyclic) bond motifs is 1. The molecule has 0 saturated heterocycles. The molecule has 56 heavy (non-hydrogen) atoms. The summed E-state index contributed by atoms with van der Waals surface area (Å²) in [4.78, 5) is 25.9. The van der Waals surface area contributed by atoms with E-state index >= 15 is 0 Å². The molecule has 2 heterocycles. The summed E-state index contributed by atoms with van der Waals surface area (Å²) in [5.74, 6) is 1.02. The van der Waals surface area contributed by atoms with Crippen LogP contribution in [0.1, 0.15) is 137 Å². The van der Waals surface area contributed by atoms with Crippen LogP contribution in [0.4, 0.5) is 21.6 Å². The van der Waals surface area contributed by atoms with Crippen LogP contribution in [0.15, 0.2) is 65.7 Å². The summed E-state index contributed by atoms with van der Waals surface area (Å²) in [5, 5.41) is 26.9. The van der Waals surface area contributed by atoms with E-state index in [1.54, 1.807) is 30.1 Å². The molecule has 2 aromatic carbocycles. The Labute approximate surface area is 339 Å². The number of ether oxygens (including phenoxy) is 1. The third kappa shape index (κ3) is 17.4. The largest absolute Gasteiger partial charge is 0.480 e. The zero-order chi connectivity index (χ0) is 40.7. The van der Waals surface area contributed by atoms with Crippen molar-refractivity contribution in [2.45, 2.75) is 147 Å². The van der Waals surface area contributed by atoms with Crippen molar-refractivity contribution in [2.75, 3.05) is 34.8 Å². The Morgan fingerprint density at radius 3 is 1.64 bits per heavy atom. The van der Waals surface area contributed by atoms with Gasteiger partial charge in [-0.2, -0.15) is 0 Å². The number of rotatable bonds is 23. The molecular formula is C45H67FN4O5S. The second kappa shape index (κ2) is 25.3. The lowest BCUT2D eigenvalue weighted by molar-refractivity contribution is -0.156. The Morgan fingerprint density at radius 1 is 0.732 bits per heavy atom. The van der Waals surface area contributed by atoms with Gasteiger partial charge in [0.25, 0.3) is 0 Å². The maximum absolute atomic E-state index is 12.7. The van der Waals surface area contributed by atoms with E-state index < -0.39 is 17.4 Å². The van der Waals surface area contributed by atoms with Crippen molar-refractivity contribution in [3.05, 3.63) is 66.6 Å². The van der Waals surface area contributed by atoms with Crippen LogP contribution in [-0.2, 0) is 9.59 Å². The molecule has 0 atom stereocenters. The van der Waals surface area contributed by atoms with Gasteiger partial charge in [-0.1, -0.05) is 97.3 Å². The van der Waals surface area contributed by atoms with Crippen molar-refractivity contribution in [2.24, 2.45) is 5.41 Å². The zero-order valence-electron chi connectivity index (χ0n) is 34.3. The maximum Gasteiger partial charge on any atom is 0.321 e. The van der Waals surface area contributed by atoms with Gasteiger partial charge in [-0.25, -0.2) is 9.37 Å². The second-order valence-electron chi connectivity index (χ2n) is 15.6. The van der Waals surface area contributed by atoms with Gasteiger partial charge in [-0.05, 0) is 88.1 Å². The van der Waals surface area contributed by atoms with Crippen LogP contribution in [0.2, 0.25) is 0 Å². The monoisotopic (exact) mass is 794 g/mol. The Kier molecular flexibility index (Phi) is 21.0. The highest BCUT2D eigenvalue weighted by Crippen LogP contribution is 2.46. The predicted molar refractivity (Wildman–Crippen MR) is 230 cm³/mol. The summed E-state index contributed by atoms with van der Waals surface area (Å²) < 4.78 is 18.8. The van der Waals surface area contributed by atoms with Crippen molar-refractivity contribution in [1.82, 2.24) is 4.98 Å². The first-order valence-electron chi connectivity index (χ1n) is 20.9. The number of hydrogen-bond donors (Lipinski definition) is 5. The van der Waals surface area contributed by atoms with Crippen molar-refractivity contribution in [1.29, 1.82) is 0 Å². The summed E-state index contributed by atoms with van der Waals surface area (Å²) in [7, 11) is 0. The number of carbonyl (C=O) groups is 2. The van der Waals surface area contributed by atoms with Gasteiger partial charge in [0, 0.05) is 48.0 Å². The summed E-state index contributed by atoms with van der Waals surface area (Å²) in [6.07, 6.45) is 22.4. The zero-order valence-corrected chi connectivity index (χ0v) is 35.1. The number of carboxylic acids is 2. The van der Waals surface area contributed by atoms with Crippen LogP contribution in [0.25, 0.3) is 0 Å². The summed E-state index contributed by atoms with van der Waals surface area (Å²) >= 11 is 1.80. The number of unbranched alkanes of at least 4 members (excludes halogenated alkanes) is 13. The van der Waals surface area contributed by atoms with E-state index in [0.29, 0.717) is 0 Å². The van der Waals surface area contributed by atoms with Gasteiger partial charge in [0.15, 0.2) is 5.41 Å². The molecule has 3 aromatic rings. The lowest BCUT2D eigenvalue weighted by Crippen LogP contribution is -2.36. The molecular weight excluding hydrogens is 728 g/mol. The number of benzene rings is 2. The van der Waals surface area contributed by atoms with E-state index in [0.717, 1.165) is 52.4 Å². The smallest absolute Gasteiger partial charge is 0.321 e. The van der Waals surface area contributed by atoms with Crippen LogP contribution < -0.4 is 20.7 Å². The minimum absolute atomic E-state index is 0.0477. The van der Waals surface area contributed by atoms with Gasteiger partial charge < -0.3 is 30.9 Å². The molecule has 1 aromatic heterocycles. The number of hydrogen-bond acceptors (Lipinski definition) is 8. The van der Waals surface area contributed by atoms with E-state index in [9.17, 15) is 14.0 Å². The van der Waals surface area contributed by atoms with Crippen LogP contribution in [0.3, 0.4) is 0 Å². The minimum Gasteiger partial charge on any atom is -0.480 e. The minimum atomic E-state index is -1.42. The molecule has 1 fully saturated rings. The molecule has 1 aliphatic carbocycles. The number of halogens is 1. The first-order valence-corrected chi connectivity index (χ1v) is 21.9. The van der Waals surface area contributed by atoms with E-state index in [-0.39, 0.29) is 24.2 Å². The van der Waals surface area contributed by atoms with E-state index in [1.165, 1.54) is 108 Å². The second-order valence-corrected chi connectivity index (χ2v) is 16.5. The Balaban J connectivity index is 0.000000263. The van der Waals surface area contributed by atoms with E-state index in [2.05, 4.69) is 60.8 Å². The molecule has 0 unspecified atom stereocenters. The number of carboxylic acid groups (broad SMARTS) is 2. The van der Waals surface area contributed by atoms with Crippen LogP contribution in [0, 0.1) is 11.2 Å². The molecule has 0 spiro atoms. The third-order valence-electron chi connectivity index (χ3n) is 9.87. The first-order chi connectivity index (χ1) is 27.0. The fourth-order valence-electron chi connectivity index (χ4n) is 6.13. The van der Waals surface area contributed by atoms with Crippen LogP contribution in [0.5, 0.6) is 11.5 Å². The van der Waals surface area contributed by atoms with Gasteiger partial charge in [0.05, 0.1) is 4.90 Å². The maximum atomic E-state index is 12.7. The fourth-order valence-corrected chi connectivity index (χ4v) is 7.20. The molecule has 5 rings (SSSR count). The molecule has 0 amide bonds. The van der Waals surface area contributed by atoms with Gasteiger partial charge in [-0.15, -0.1) is 11.8 Å². The molecule has 1 aliphatic heterocycles. The molecule has 2 aliphatic rings. The predicted octanol–water partition coefficient (Wildman–Crippen LogP) is 12.6. The standard InChI is InChI=1S/C24H35N3OS.C16H26FN.C5H6O4/c1-4-5-6-7-8-9-10-16-25-19-11-13-20(14-12-19)28-21-15-17-26-23-22(21)29-18-24(2,3)27-23;1-2-3-4-5-6-7-8-9-14-18-16-12-10-15(17)11-13-16;6-3(7)5(1-2-5)4(8)9/h11-15,17,25H,4-10,16,18H2,1-3H3,(H,26,27);10-13,18H,2-9,14H2,1H3;1-2H2,(H,6,7)(H,8,9). The van der Waals surface area contributed by atoms with Crippen molar-refractivity contribution in [3.8, 4) is 11.5 Å². The summed E-state index contributed by atoms with van der Waals surface area (Å²) in [6, 6.07) is 16.8. The van der Waals surface area contributed by atoms with E-state index in [1.807, 2.05) is 18.2 Å². The van der Waals surface area contributed by atoms with E-state index in [4.69, 9.17) is 14.9 Å². The number of pyridine rings is 1. The molecule has 310 valence electrons. The summed E-state index contributed by atoms with van der Waals surface area (Å²) in [6.45, 7) is 10.9. The van der Waals surface area contributed by atoms with Crippen molar-refractivity contribution >= 4 is 40.9 Å². The highest BCUT2D eigenvalue weighted by atomic mass is 32.2. The molecule has 9 nitrogen and oxygen atoms in total. The normalized spacial score (nSPS) is 14.4. The average molecular weight is 795 g/mol. The highest BCUT2D eigenvalue weighted by Gasteiger charge is 2.57.